The third-order valence-corrected chi connectivity index (χ3v) is 2.59. The zero-order valence-corrected chi connectivity index (χ0v) is 9.71. The summed E-state index contributed by atoms with van der Waals surface area (Å²) in [6, 6.07) is 11.4. The number of nitrogens with zero attached hydrogens (tertiary/aromatic N) is 1. The van der Waals surface area contributed by atoms with Crippen molar-refractivity contribution >= 4 is 0 Å². The summed E-state index contributed by atoms with van der Waals surface area (Å²) in [5, 5.41) is 9.92. The van der Waals surface area contributed by atoms with Gasteiger partial charge in [0.25, 0.3) is 0 Å². The van der Waals surface area contributed by atoms with E-state index in [1.807, 2.05) is 43.3 Å². The molecule has 2 aromatic rings. The van der Waals surface area contributed by atoms with Crippen molar-refractivity contribution in [3.63, 3.8) is 0 Å². The number of pyridine rings is 1. The first kappa shape index (κ1) is 11.8. The average Bonchev–Trinajstić information content (AvgIpc) is 2.38. The van der Waals surface area contributed by atoms with Crippen LogP contribution in [0, 0.1) is 6.92 Å². The second-order valence-corrected chi connectivity index (χ2v) is 3.88. The van der Waals surface area contributed by atoms with Crippen molar-refractivity contribution in [3.8, 4) is 0 Å². The Kier molecular flexibility index (Phi) is 3.85. The Morgan fingerprint density at radius 3 is 2.76 bits per heavy atom. The average molecular weight is 229 g/mol. The number of benzene rings is 1. The molecule has 0 amide bonds. The molecule has 1 aromatic heterocycles. The summed E-state index contributed by atoms with van der Waals surface area (Å²) in [5.74, 6) is 0. The van der Waals surface area contributed by atoms with E-state index in [9.17, 15) is 5.11 Å². The zero-order valence-electron chi connectivity index (χ0n) is 9.71. The number of ether oxygens (including phenoxy) is 1. The number of aryl methyl sites for hydroxylation is 1. The van der Waals surface area contributed by atoms with E-state index in [1.54, 1.807) is 12.4 Å². The predicted octanol–water partition coefficient (Wildman–Crippen LogP) is 2.60. The fraction of sp³-hybridized carbons (Fsp3) is 0.214. The summed E-state index contributed by atoms with van der Waals surface area (Å²) in [5.41, 5.74) is 2.77. The molecule has 0 spiro atoms. The molecule has 0 aliphatic heterocycles. The van der Waals surface area contributed by atoms with Crippen LogP contribution in [-0.4, -0.2) is 10.1 Å². The van der Waals surface area contributed by atoms with Crippen molar-refractivity contribution in [3.05, 3.63) is 65.5 Å². The standard InChI is InChI=1S/C14H15NO2/c1-11-5-2-3-7-13(11)14(16)17-10-12-6-4-8-15-9-12/h2-9,14,16H,10H2,1H3. The first-order valence-corrected chi connectivity index (χ1v) is 5.51. The molecule has 3 nitrogen and oxygen atoms in total. The quantitative estimate of drug-likeness (QED) is 0.819. The number of aromatic nitrogens is 1. The minimum atomic E-state index is -0.892. The van der Waals surface area contributed by atoms with E-state index >= 15 is 0 Å². The molecular weight excluding hydrogens is 214 g/mol. The molecule has 0 saturated carbocycles. The fourth-order valence-electron chi connectivity index (χ4n) is 1.61. The van der Waals surface area contributed by atoms with Crippen LogP contribution in [0.1, 0.15) is 23.0 Å². The summed E-state index contributed by atoms with van der Waals surface area (Å²) in [6.45, 7) is 2.30. The Balaban J connectivity index is 1.99. The lowest BCUT2D eigenvalue weighted by atomic mass is 10.1. The molecule has 1 atom stereocenters. The molecule has 17 heavy (non-hydrogen) atoms. The molecule has 3 heteroatoms. The minimum absolute atomic E-state index is 0.351. The van der Waals surface area contributed by atoms with Gasteiger partial charge in [-0.1, -0.05) is 30.3 Å². The van der Waals surface area contributed by atoms with Gasteiger partial charge in [-0.15, -0.1) is 0 Å². The molecule has 1 unspecified atom stereocenters. The van der Waals surface area contributed by atoms with Gasteiger partial charge < -0.3 is 9.84 Å². The van der Waals surface area contributed by atoms with E-state index in [4.69, 9.17) is 4.74 Å². The maximum Gasteiger partial charge on any atom is 0.181 e. The SMILES string of the molecule is Cc1ccccc1C(O)OCc1cccnc1. The Bertz CT molecular complexity index is 471. The lowest BCUT2D eigenvalue weighted by Gasteiger charge is -2.14. The van der Waals surface area contributed by atoms with Gasteiger partial charge in [0.1, 0.15) is 0 Å². The molecule has 1 aromatic carbocycles. The van der Waals surface area contributed by atoms with Gasteiger partial charge in [0.2, 0.25) is 0 Å². The van der Waals surface area contributed by atoms with Crippen molar-refractivity contribution < 1.29 is 9.84 Å². The van der Waals surface area contributed by atoms with Crippen LogP contribution in [0.4, 0.5) is 0 Å². The van der Waals surface area contributed by atoms with E-state index in [0.29, 0.717) is 6.61 Å². The second kappa shape index (κ2) is 5.57. The molecule has 88 valence electrons. The predicted molar refractivity (Wildman–Crippen MR) is 65.2 cm³/mol. The van der Waals surface area contributed by atoms with Crippen molar-refractivity contribution in [2.24, 2.45) is 0 Å². The highest BCUT2D eigenvalue weighted by Gasteiger charge is 2.09. The Labute approximate surface area is 101 Å². The van der Waals surface area contributed by atoms with Crippen LogP contribution in [0.2, 0.25) is 0 Å². The Hall–Kier alpha value is -1.71. The molecule has 0 aliphatic carbocycles. The van der Waals surface area contributed by atoms with Crippen molar-refractivity contribution in [2.75, 3.05) is 0 Å². The van der Waals surface area contributed by atoms with Crippen LogP contribution >= 0.6 is 0 Å². The topological polar surface area (TPSA) is 42.4 Å². The van der Waals surface area contributed by atoms with E-state index in [-0.39, 0.29) is 0 Å². The lowest BCUT2D eigenvalue weighted by Crippen LogP contribution is -2.05. The molecule has 2 rings (SSSR count). The summed E-state index contributed by atoms with van der Waals surface area (Å²) in [6.07, 6.45) is 2.54. The van der Waals surface area contributed by atoms with E-state index in [0.717, 1.165) is 16.7 Å². The lowest BCUT2D eigenvalue weighted by molar-refractivity contribution is -0.112. The number of aliphatic hydroxyl groups excluding tert-OH is 1. The molecular formula is C14H15NO2. The van der Waals surface area contributed by atoms with E-state index < -0.39 is 6.29 Å². The highest BCUT2D eigenvalue weighted by molar-refractivity contribution is 5.26. The molecule has 0 bridgehead atoms. The molecule has 0 aliphatic rings. The molecule has 0 fully saturated rings. The second-order valence-electron chi connectivity index (χ2n) is 3.88. The van der Waals surface area contributed by atoms with Gasteiger partial charge in [0, 0.05) is 18.0 Å². The van der Waals surface area contributed by atoms with Gasteiger partial charge >= 0.3 is 0 Å². The van der Waals surface area contributed by atoms with Gasteiger partial charge in [0.15, 0.2) is 6.29 Å². The third-order valence-electron chi connectivity index (χ3n) is 2.59. The summed E-state index contributed by atoms with van der Waals surface area (Å²) >= 11 is 0. The van der Waals surface area contributed by atoms with Crippen LogP contribution in [0.15, 0.2) is 48.8 Å². The van der Waals surface area contributed by atoms with Gasteiger partial charge in [0.05, 0.1) is 6.61 Å². The highest BCUT2D eigenvalue weighted by Crippen LogP contribution is 2.19. The van der Waals surface area contributed by atoms with Crippen LogP contribution in [0.25, 0.3) is 0 Å². The maximum atomic E-state index is 9.92. The van der Waals surface area contributed by atoms with Gasteiger partial charge in [-0.2, -0.15) is 0 Å². The largest absolute Gasteiger partial charge is 0.364 e. The van der Waals surface area contributed by atoms with Crippen LogP contribution in [-0.2, 0) is 11.3 Å². The fourth-order valence-corrected chi connectivity index (χ4v) is 1.61. The van der Waals surface area contributed by atoms with Crippen LogP contribution < -0.4 is 0 Å². The number of hydrogen-bond acceptors (Lipinski definition) is 3. The molecule has 1 N–H and O–H groups in total. The van der Waals surface area contributed by atoms with Crippen molar-refractivity contribution in [2.45, 2.75) is 19.8 Å². The van der Waals surface area contributed by atoms with Crippen molar-refractivity contribution in [1.82, 2.24) is 4.98 Å². The van der Waals surface area contributed by atoms with Gasteiger partial charge in [-0.05, 0) is 24.1 Å². The third kappa shape index (κ3) is 3.12. The summed E-state index contributed by atoms with van der Waals surface area (Å²) in [4.78, 5) is 3.99. The molecule has 0 saturated heterocycles. The Morgan fingerprint density at radius 2 is 2.06 bits per heavy atom. The first-order valence-electron chi connectivity index (χ1n) is 5.51. The minimum Gasteiger partial charge on any atom is -0.364 e. The van der Waals surface area contributed by atoms with E-state index in [2.05, 4.69) is 4.98 Å². The summed E-state index contributed by atoms with van der Waals surface area (Å²) < 4.78 is 5.41. The summed E-state index contributed by atoms with van der Waals surface area (Å²) in [7, 11) is 0. The van der Waals surface area contributed by atoms with Gasteiger partial charge in [-0.3, -0.25) is 4.98 Å². The normalized spacial score (nSPS) is 12.4. The number of rotatable bonds is 4. The van der Waals surface area contributed by atoms with Crippen molar-refractivity contribution in [1.29, 1.82) is 0 Å². The maximum absolute atomic E-state index is 9.92. The monoisotopic (exact) mass is 229 g/mol. The van der Waals surface area contributed by atoms with Crippen LogP contribution in [0.3, 0.4) is 0 Å². The zero-order chi connectivity index (χ0) is 12.1. The van der Waals surface area contributed by atoms with Gasteiger partial charge in [-0.25, -0.2) is 0 Å². The smallest absolute Gasteiger partial charge is 0.181 e. The molecule has 0 radical (unpaired) electrons. The molecule has 1 heterocycles. The Morgan fingerprint density at radius 1 is 1.24 bits per heavy atom. The number of hydrogen-bond donors (Lipinski definition) is 1. The highest BCUT2D eigenvalue weighted by atomic mass is 16.6. The van der Waals surface area contributed by atoms with Crippen LogP contribution in [0.5, 0.6) is 0 Å². The number of aliphatic hydroxyl groups is 1. The first-order chi connectivity index (χ1) is 8.27. The van der Waals surface area contributed by atoms with E-state index in [1.165, 1.54) is 0 Å².